The highest BCUT2D eigenvalue weighted by Crippen LogP contribution is 2.29. The third-order valence-electron chi connectivity index (χ3n) is 2.69. The topological polar surface area (TPSA) is 61.0 Å². The third-order valence-corrected chi connectivity index (χ3v) is 2.69. The summed E-state index contributed by atoms with van der Waals surface area (Å²) in [4.78, 5) is 7.97. The van der Waals surface area contributed by atoms with Crippen LogP contribution < -0.4 is 10.5 Å². The molecule has 0 aliphatic carbocycles. The molecule has 16 heavy (non-hydrogen) atoms. The molecule has 2 N–H and O–H groups in total. The molecule has 0 radical (unpaired) electrons. The summed E-state index contributed by atoms with van der Waals surface area (Å²) in [5.41, 5.74) is 8.77. The highest BCUT2D eigenvalue weighted by molar-refractivity contribution is 5.64. The molecule has 3 rings (SSSR count). The van der Waals surface area contributed by atoms with Gasteiger partial charge in [0, 0.05) is 24.4 Å². The Bertz CT molecular complexity index is 522. The van der Waals surface area contributed by atoms with Crippen LogP contribution in [-0.4, -0.2) is 16.6 Å². The van der Waals surface area contributed by atoms with E-state index in [4.69, 9.17) is 10.5 Å². The largest absolute Gasteiger partial charge is 0.493 e. The van der Waals surface area contributed by atoms with Gasteiger partial charge in [-0.3, -0.25) is 0 Å². The van der Waals surface area contributed by atoms with Gasteiger partial charge in [-0.15, -0.1) is 0 Å². The molecule has 0 bridgehead atoms. The van der Waals surface area contributed by atoms with E-state index in [1.54, 1.807) is 12.4 Å². The minimum atomic E-state index is 0.299. The smallest absolute Gasteiger partial charge is 0.219 e. The van der Waals surface area contributed by atoms with E-state index in [0.29, 0.717) is 5.95 Å². The van der Waals surface area contributed by atoms with Crippen LogP contribution in [0.1, 0.15) is 5.56 Å². The lowest BCUT2D eigenvalue weighted by atomic mass is 10.0. The third kappa shape index (κ3) is 1.48. The summed E-state index contributed by atoms with van der Waals surface area (Å²) in [5, 5.41) is 0. The van der Waals surface area contributed by atoms with Crippen LogP contribution in [0.5, 0.6) is 5.75 Å². The summed E-state index contributed by atoms with van der Waals surface area (Å²) >= 11 is 0. The van der Waals surface area contributed by atoms with Crippen LogP contribution in [0.15, 0.2) is 30.6 Å². The van der Waals surface area contributed by atoms with E-state index in [1.165, 1.54) is 5.56 Å². The van der Waals surface area contributed by atoms with Gasteiger partial charge in [0.25, 0.3) is 0 Å². The van der Waals surface area contributed by atoms with Gasteiger partial charge < -0.3 is 10.5 Å². The second kappa shape index (κ2) is 3.48. The SMILES string of the molecule is Nc1ncc(-c2ccc3c(c2)CCO3)cn1. The lowest BCUT2D eigenvalue weighted by molar-refractivity contribution is 0.357. The Balaban J connectivity index is 2.03. The molecule has 0 fully saturated rings. The molecule has 1 aromatic carbocycles. The summed E-state index contributed by atoms with van der Waals surface area (Å²) in [6.07, 6.45) is 4.44. The Morgan fingerprint density at radius 2 is 1.94 bits per heavy atom. The molecule has 80 valence electrons. The Kier molecular flexibility index (Phi) is 1.99. The maximum Gasteiger partial charge on any atom is 0.219 e. The molecule has 2 heterocycles. The standard InChI is InChI=1S/C12H11N3O/c13-12-14-6-10(7-15-12)8-1-2-11-9(5-8)3-4-16-11/h1-2,5-7H,3-4H2,(H2,13,14,15). The molecule has 0 unspecified atom stereocenters. The molecular weight excluding hydrogens is 202 g/mol. The van der Waals surface area contributed by atoms with Gasteiger partial charge in [-0.1, -0.05) is 6.07 Å². The first kappa shape index (κ1) is 9.15. The average Bonchev–Trinajstić information content (AvgIpc) is 2.77. The van der Waals surface area contributed by atoms with Crippen molar-refractivity contribution in [3.8, 4) is 16.9 Å². The predicted molar refractivity (Wildman–Crippen MR) is 61.1 cm³/mol. The van der Waals surface area contributed by atoms with Crippen LogP contribution in [0.3, 0.4) is 0 Å². The van der Waals surface area contributed by atoms with Crippen molar-refractivity contribution in [2.75, 3.05) is 12.3 Å². The summed E-state index contributed by atoms with van der Waals surface area (Å²) in [6, 6.07) is 6.13. The summed E-state index contributed by atoms with van der Waals surface area (Å²) in [5.74, 6) is 1.29. The van der Waals surface area contributed by atoms with Crippen LogP contribution in [0.25, 0.3) is 11.1 Å². The monoisotopic (exact) mass is 213 g/mol. The summed E-state index contributed by atoms with van der Waals surface area (Å²) in [7, 11) is 0. The van der Waals surface area contributed by atoms with E-state index >= 15 is 0 Å². The number of nitrogens with zero attached hydrogens (tertiary/aromatic N) is 2. The molecule has 0 saturated carbocycles. The Morgan fingerprint density at radius 3 is 2.75 bits per heavy atom. The van der Waals surface area contributed by atoms with E-state index in [-0.39, 0.29) is 0 Å². The van der Waals surface area contributed by atoms with Gasteiger partial charge in [0.05, 0.1) is 6.61 Å². The lowest BCUT2D eigenvalue weighted by Gasteiger charge is -2.03. The van der Waals surface area contributed by atoms with Crippen LogP contribution in [0.2, 0.25) is 0 Å². The minimum Gasteiger partial charge on any atom is -0.493 e. The Morgan fingerprint density at radius 1 is 1.12 bits per heavy atom. The summed E-state index contributed by atoms with van der Waals surface area (Å²) in [6.45, 7) is 0.775. The van der Waals surface area contributed by atoms with Gasteiger partial charge in [0.1, 0.15) is 5.75 Å². The van der Waals surface area contributed by atoms with Gasteiger partial charge in [-0.25, -0.2) is 9.97 Å². The van der Waals surface area contributed by atoms with Crippen molar-refractivity contribution < 1.29 is 4.74 Å². The molecule has 1 aromatic heterocycles. The number of rotatable bonds is 1. The van der Waals surface area contributed by atoms with Crippen LogP contribution in [0.4, 0.5) is 5.95 Å². The molecule has 0 atom stereocenters. The number of hydrogen-bond donors (Lipinski definition) is 1. The summed E-state index contributed by atoms with van der Waals surface area (Å²) < 4.78 is 5.46. The number of aromatic nitrogens is 2. The van der Waals surface area contributed by atoms with Gasteiger partial charge in [0.15, 0.2) is 0 Å². The van der Waals surface area contributed by atoms with Gasteiger partial charge >= 0.3 is 0 Å². The highest BCUT2D eigenvalue weighted by Gasteiger charge is 2.12. The zero-order chi connectivity index (χ0) is 11.0. The first-order valence-corrected chi connectivity index (χ1v) is 5.16. The number of nitrogen functional groups attached to an aromatic ring is 1. The van der Waals surface area contributed by atoms with E-state index in [2.05, 4.69) is 16.0 Å². The maximum absolute atomic E-state index is 5.46. The van der Waals surface area contributed by atoms with Gasteiger partial charge in [-0.05, 0) is 23.3 Å². The molecule has 4 nitrogen and oxygen atoms in total. The van der Waals surface area contributed by atoms with Crippen molar-refractivity contribution in [3.05, 3.63) is 36.2 Å². The Hall–Kier alpha value is -2.10. The molecule has 1 aliphatic rings. The van der Waals surface area contributed by atoms with Crippen LogP contribution >= 0.6 is 0 Å². The number of nitrogens with two attached hydrogens (primary N) is 1. The first-order chi connectivity index (χ1) is 7.83. The minimum absolute atomic E-state index is 0.299. The highest BCUT2D eigenvalue weighted by atomic mass is 16.5. The molecule has 0 spiro atoms. The van der Waals surface area contributed by atoms with E-state index in [0.717, 1.165) is 29.9 Å². The first-order valence-electron chi connectivity index (χ1n) is 5.16. The molecule has 4 heteroatoms. The molecule has 1 aliphatic heterocycles. The zero-order valence-corrected chi connectivity index (χ0v) is 8.68. The molecule has 2 aromatic rings. The number of benzene rings is 1. The number of anilines is 1. The number of ether oxygens (including phenoxy) is 1. The van der Waals surface area contributed by atoms with E-state index < -0.39 is 0 Å². The van der Waals surface area contributed by atoms with Gasteiger partial charge in [0.2, 0.25) is 5.95 Å². The Labute approximate surface area is 93.1 Å². The predicted octanol–water partition coefficient (Wildman–Crippen LogP) is 1.66. The van der Waals surface area contributed by atoms with Crippen molar-refractivity contribution in [2.45, 2.75) is 6.42 Å². The van der Waals surface area contributed by atoms with E-state index in [9.17, 15) is 0 Å². The normalized spacial score (nSPS) is 13.2. The fourth-order valence-corrected chi connectivity index (χ4v) is 1.85. The van der Waals surface area contributed by atoms with Crippen molar-refractivity contribution >= 4 is 5.95 Å². The molecule has 0 amide bonds. The molecule has 0 saturated heterocycles. The maximum atomic E-state index is 5.46. The van der Waals surface area contributed by atoms with Gasteiger partial charge in [-0.2, -0.15) is 0 Å². The van der Waals surface area contributed by atoms with Crippen molar-refractivity contribution in [1.29, 1.82) is 0 Å². The quantitative estimate of drug-likeness (QED) is 0.782. The lowest BCUT2D eigenvalue weighted by Crippen LogP contribution is -1.93. The van der Waals surface area contributed by atoms with Crippen molar-refractivity contribution in [3.63, 3.8) is 0 Å². The van der Waals surface area contributed by atoms with Crippen LogP contribution in [0, 0.1) is 0 Å². The fourth-order valence-electron chi connectivity index (χ4n) is 1.85. The zero-order valence-electron chi connectivity index (χ0n) is 8.68. The number of fused-ring (bicyclic) bond motifs is 1. The van der Waals surface area contributed by atoms with Crippen molar-refractivity contribution in [1.82, 2.24) is 9.97 Å². The second-order valence-corrected chi connectivity index (χ2v) is 3.75. The van der Waals surface area contributed by atoms with E-state index in [1.807, 2.05) is 12.1 Å². The molecular formula is C12H11N3O. The average molecular weight is 213 g/mol. The van der Waals surface area contributed by atoms with Crippen molar-refractivity contribution in [2.24, 2.45) is 0 Å². The fraction of sp³-hybridized carbons (Fsp3) is 0.167. The number of hydrogen-bond acceptors (Lipinski definition) is 4. The van der Waals surface area contributed by atoms with Crippen LogP contribution in [-0.2, 0) is 6.42 Å². The second-order valence-electron chi connectivity index (χ2n) is 3.75.